The van der Waals surface area contributed by atoms with Gasteiger partial charge in [0.05, 0.1) is 12.7 Å². The van der Waals surface area contributed by atoms with Crippen molar-refractivity contribution in [3.63, 3.8) is 0 Å². The van der Waals surface area contributed by atoms with Crippen molar-refractivity contribution in [1.82, 2.24) is 20.8 Å². The van der Waals surface area contributed by atoms with Crippen LogP contribution >= 0.6 is 24.0 Å². The van der Waals surface area contributed by atoms with E-state index in [2.05, 4.69) is 32.7 Å². The van der Waals surface area contributed by atoms with E-state index in [0.717, 1.165) is 43.3 Å². The van der Waals surface area contributed by atoms with E-state index >= 15 is 0 Å². The number of nitrogens with zero attached hydrogens (tertiary/aromatic N) is 2. The molecule has 1 heterocycles. The Hall–Kier alpha value is -1.77. The van der Waals surface area contributed by atoms with Crippen LogP contribution in [0.25, 0.3) is 0 Å². The molecule has 0 aliphatic heterocycles. The number of halogens is 1. The van der Waals surface area contributed by atoms with Crippen LogP contribution in [0.15, 0.2) is 41.5 Å². The normalized spacial score (nSPS) is 10.9. The molecule has 1 aromatic carbocycles. The smallest absolute Gasteiger partial charge is 0.191 e. The van der Waals surface area contributed by atoms with Gasteiger partial charge in [0.2, 0.25) is 0 Å². The number of H-pyrrole nitrogens is 1. The van der Waals surface area contributed by atoms with Gasteiger partial charge in [0.1, 0.15) is 12.4 Å². The standard InChI is InChI=1S/C18H27N5O.HI/c1-3-19-18(20-11-7-8-16-14-22-23-15(16)2)21-12-13-24-17-9-5-4-6-10-17;/h4-6,9-10,14H,3,7-8,11-13H2,1-2H3,(H,22,23)(H2,19,20,21);1H. The monoisotopic (exact) mass is 457 g/mol. The topological polar surface area (TPSA) is 74.3 Å². The minimum Gasteiger partial charge on any atom is -0.492 e. The molecule has 7 heteroatoms. The average molecular weight is 457 g/mol. The number of aryl methyl sites for hydroxylation is 2. The number of hydrogen-bond acceptors (Lipinski definition) is 3. The number of ether oxygens (including phenoxy) is 1. The van der Waals surface area contributed by atoms with E-state index in [1.807, 2.05) is 43.5 Å². The van der Waals surface area contributed by atoms with Gasteiger partial charge in [-0.25, -0.2) is 0 Å². The van der Waals surface area contributed by atoms with Crippen LogP contribution < -0.4 is 15.4 Å². The van der Waals surface area contributed by atoms with Gasteiger partial charge in [0.25, 0.3) is 0 Å². The maximum Gasteiger partial charge on any atom is 0.191 e. The summed E-state index contributed by atoms with van der Waals surface area (Å²) in [6.07, 6.45) is 3.88. The number of aromatic nitrogens is 2. The first-order valence-electron chi connectivity index (χ1n) is 8.48. The number of benzene rings is 1. The molecule has 3 N–H and O–H groups in total. The van der Waals surface area contributed by atoms with Crippen molar-refractivity contribution in [2.75, 3.05) is 26.2 Å². The van der Waals surface area contributed by atoms with E-state index in [1.165, 1.54) is 5.56 Å². The summed E-state index contributed by atoms with van der Waals surface area (Å²) in [5.74, 6) is 1.72. The summed E-state index contributed by atoms with van der Waals surface area (Å²) < 4.78 is 5.67. The molecule has 1 aromatic heterocycles. The zero-order chi connectivity index (χ0) is 17.0. The Labute approximate surface area is 166 Å². The van der Waals surface area contributed by atoms with Crippen LogP contribution in [0.2, 0.25) is 0 Å². The van der Waals surface area contributed by atoms with Crippen molar-refractivity contribution in [2.24, 2.45) is 4.99 Å². The Morgan fingerprint density at radius 2 is 2.04 bits per heavy atom. The minimum absolute atomic E-state index is 0. The molecule has 0 aliphatic rings. The van der Waals surface area contributed by atoms with Crippen LogP contribution in [0.5, 0.6) is 5.75 Å². The Bertz CT molecular complexity index is 615. The highest BCUT2D eigenvalue weighted by molar-refractivity contribution is 14.0. The third-order valence-corrected chi connectivity index (χ3v) is 3.56. The molecule has 0 aliphatic carbocycles. The third kappa shape index (κ3) is 8.24. The van der Waals surface area contributed by atoms with E-state index in [0.29, 0.717) is 13.2 Å². The number of rotatable bonds is 9. The highest BCUT2D eigenvalue weighted by Crippen LogP contribution is 2.07. The Morgan fingerprint density at radius 3 is 2.72 bits per heavy atom. The van der Waals surface area contributed by atoms with Crippen LogP contribution in [0, 0.1) is 6.92 Å². The van der Waals surface area contributed by atoms with Crippen molar-refractivity contribution in [3.05, 3.63) is 47.8 Å². The Morgan fingerprint density at radius 1 is 1.24 bits per heavy atom. The summed E-state index contributed by atoms with van der Waals surface area (Å²) in [7, 11) is 0. The molecule has 0 saturated carbocycles. The second kappa shape index (κ2) is 12.6. The molecular weight excluding hydrogens is 429 g/mol. The van der Waals surface area contributed by atoms with Gasteiger partial charge >= 0.3 is 0 Å². The molecule has 2 aromatic rings. The van der Waals surface area contributed by atoms with Gasteiger partial charge in [-0.2, -0.15) is 5.10 Å². The molecule has 0 spiro atoms. The Balaban J connectivity index is 0.00000312. The van der Waals surface area contributed by atoms with Gasteiger partial charge in [-0.3, -0.25) is 10.1 Å². The van der Waals surface area contributed by atoms with Crippen molar-refractivity contribution in [2.45, 2.75) is 26.7 Å². The lowest BCUT2D eigenvalue weighted by Crippen LogP contribution is -2.39. The number of aromatic amines is 1. The van der Waals surface area contributed by atoms with Crippen molar-refractivity contribution in [1.29, 1.82) is 0 Å². The highest BCUT2D eigenvalue weighted by Gasteiger charge is 2.00. The third-order valence-electron chi connectivity index (χ3n) is 3.56. The van der Waals surface area contributed by atoms with E-state index in [1.54, 1.807) is 0 Å². The SMILES string of the molecule is CCNC(=NCCCc1cn[nH]c1C)NCCOc1ccccc1.I. The first kappa shape index (κ1) is 21.3. The molecule has 0 atom stereocenters. The lowest BCUT2D eigenvalue weighted by molar-refractivity contribution is 0.322. The fourth-order valence-electron chi connectivity index (χ4n) is 2.28. The maximum absolute atomic E-state index is 5.67. The molecule has 0 radical (unpaired) electrons. The zero-order valence-electron chi connectivity index (χ0n) is 14.9. The van der Waals surface area contributed by atoms with Crippen LogP contribution in [0.1, 0.15) is 24.6 Å². The van der Waals surface area contributed by atoms with Crippen LogP contribution in [0.4, 0.5) is 0 Å². The summed E-state index contributed by atoms with van der Waals surface area (Å²) in [5, 5.41) is 13.5. The van der Waals surface area contributed by atoms with E-state index < -0.39 is 0 Å². The highest BCUT2D eigenvalue weighted by atomic mass is 127. The van der Waals surface area contributed by atoms with Crippen LogP contribution in [0.3, 0.4) is 0 Å². The van der Waals surface area contributed by atoms with E-state index in [9.17, 15) is 0 Å². The summed E-state index contributed by atoms with van der Waals surface area (Å²) in [6.45, 7) is 7.03. The van der Waals surface area contributed by atoms with E-state index in [4.69, 9.17) is 4.74 Å². The number of aliphatic imine (C=N–C) groups is 1. The van der Waals surface area contributed by atoms with Gasteiger partial charge in [0, 0.05) is 18.8 Å². The predicted molar refractivity (Wildman–Crippen MR) is 113 cm³/mol. The summed E-state index contributed by atoms with van der Waals surface area (Å²) in [6, 6.07) is 9.83. The summed E-state index contributed by atoms with van der Waals surface area (Å²) >= 11 is 0. The molecule has 0 unspecified atom stereocenters. The predicted octanol–water partition coefficient (Wildman–Crippen LogP) is 2.90. The molecule has 0 saturated heterocycles. The van der Waals surface area contributed by atoms with Crippen LogP contribution in [-0.2, 0) is 6.42 Å². The molecule has 0 fully saturated rings. The van der Waals surface area contributed by atoms with Gasteiger partial charge in [-0.1, -0.05) is 18.2 Å². The van der Waals surface area contributed by atoms with Gasteiger partial charge < -0.3 is 15.4 Å². The molecule has 25 heavy (non-hydrogen) atoms. The number of nitrogens with one attached hydrogen (secondary N) is 3. The molecule has 138 valence electrons. The fourth-order valence-corrected chi connectivity index (χ4v) is 2.28. The molecule has 0 bridgehead atoms. The van der Waals surface area contributed by atoms with Crippen LogP contribution in [-0.4, -0.2) is 42.4 Å². The number of hydrogen-bond donors (Lipinski definition) is 3. The van der Waals surface area contributed by atoms with Gasteiger partial charge in [0.15, 0.2) is 5.96 Å². The second-order valence-corrected chi connectivity index (χ2v) is 5.47. The number of para-hydroxylation sites is 1. The fraction of sp³-hybridized carbons (Fsp3) is 0.444. The van der Waals surface area contributed by atoms with Gasteiger partial charge in [-0.15, -0.1) is 24.0 Å². The summed E-state index contributed by atoms with van der Waals surface area (Å²) in [4.78, 5) is 4.60. The summed E-state index contributed by atoms with van der Waals surface area (Å²) in [5.41, 5.74) is 2.40. The zero-order valence-corrected chi connectivity index (χ0v) is 17.2. The maximum atomic E-state index is 5.67. The quantitative estimate of drug-likeness (QED) is 0.234. The lowest BCUT2D eigenvalue weighted by Gasteiger charge is -2.12. The van der Waals surface area contributed by atoms with Crippen molar-refractivity contribution >= 4 is 29.9 Å². The second-order valence-electron chi connectivity index (χ2n) is 5.47. The molecule has 2 rings (SSSR count). The first-order valence-corrected chi connectivity index (χ1v) is 8.48. The largest absolute Gasteiger partial charge is 0.492 e. The average Bonchev–Trinajstić information content (AvgIpc) is 3.01. The van der Waals surface area contributed by atoms with Gasteiger partial charge in [-0.05, 0) is 44.4 Å². The van der Waals surface area contributed by atoms with Crippen molar-refractivity contribution in [3.8, 4) is 5.75 Å². The van der Waals surface area contributed by atoms with E-state index in [-0.39, 0.29) is 24.0 Å². The lowest BCUT2D eigenvalue weighted by atomic mass is 10.1. The molecule has 0 amide bonds. The first-order chi connectivity index (χ1) is 11.8. The number of guanidine groups is 1. The molecule has 6 nitrogen and oxygen atoms in total. The van der Waals surface area contributed by atoms with Crippen molar-refractivity contribution < 1.29 is 4.74 Å². The Kier molecular flexibility index (Phi) is 10.7. The minimum atomic E-state index is 0. The molecular formula is C18H28IN5O.